The van der Waals surface area contributed by atoms with Crippen LogP contribution in [0.2, 0.25) is 0 Å². The Labute approximate surface area is 190 Å². The van der Waals surface area contributed by atoms with Gasteiger partial charge in [-0.25, -0.2) is 15.0 Å². The number of hydrogen-bond donors (Lipinski definition) is 1. The summed E-state index contributed by atoms with van der Waals surface area (Å²) < 4.78 is 12.1. The predicted octanol–water partition coefficient (Wildman–Crippen LogP) is 4.80. The number of morpholine rings is 1. The van der Waals surface area contributed by atoms with Crippen LogP contribution in [0.15, 0.2) is 29.1 Å². The van der Waals surface area contributed by atoms with Crippen molar-refractivity contribution in [1.82, 2.24) is 15.0 Å². The second-order valence-electron chi connectivity index (χ2n) is 9.45. The van der Waals surface area contributed by atoms with Crippen LogP contribution in [0.25, 0.3) is 20.4 Å². The van der Waals surface area contributed by atoms with E-state index in [4.69, 9.17) is 19.1 Å². The number of fused-ring (bicyclic) bond motifs is 5. The third-order valence-electron chi connectivity index (χ3n) is 6.62. The Kier molecular flexibility index (Phi) is 4.80. The number of thiophene rings is 1. The number of furan rings is 1. The molecule has 5 heterocycles. The summed E-state index contributed by atoms with van der Waals surface area (Å²) in [6.07, 6.45) is 6.64. The van der Waals surface area contributed by atoms with Gasteiger partial charge in [-0.3, -0.25) is 0 Å². The highest BCUT2D eigenvalue weighted by Crippen LogP contribution is 2.46. The maximum Gasteiger partial charge on any atom is 0.147 e. The molecule has 0 aromatic carbocycles. The molecule has 1 N–H and O–H groups in total. The molecule has 0 saturated carbocycles. The van der Waals surface area contributed by atoms with Crippen LogP contribution in [0.5, 0.6) is 0 Å². The standard InChI is InChI=1S/C24H27N5O2S/c1-24(2)6-5-16-17(12-24)18-19-20(21(27-14-26-19)25-13-15-4-3-9-31-15)32-23(18)28-22(16)29-7-10-30-11-8-29/h3-4,9,14H,5-8,10-13H2,1-2H3,(H,25,26,27). The van der Waals surface area contributed by atoms with E-state index in [1.807, 2.05) is 12.1 Å². The number of pyridine rings is 1. The summed E-state index contributed by atoms with van der Waals surface area (Å²) in [5, 5.41) is 4.65. The molecule has 4 aromatic heterocycles. The average molecular weight is 450 g/mol. The van der Waals surface area contributed by atoms with Crippen molar-refractivity contribution in [3.8, 4) is 0 Å². The zero-order valence-electron chi connectivity index (χ0n) is 18.5. The van der Waals surface area contributed by atoms with Crippen LogP contribution in [0.4, 0.5) is 11.6 Å². The van der Waals surface area contributed by atoms with E-state index < -0.39 is 0 Å². The summed E-state index contributed by atoms with van der Waals surface area (Å²) in [5.41, 5.74) is 4.11. The molecule has 0 unspecified atom stereocenters. The van der Waals surface area contributed by atoms with Gasteiger partial charge in [0.2, 0.25) is 0 Å². The average Bonchev–Trinajstić information content (AvgIpc) is 3.45. The van der Waals surface area contributed by atoms with Crippen LogP contribution in [-0.2, 0) is 24.1 Å². The number of aromatic nitrogens is 3. The second-order valence-corrected chi connectivity index (χ2v) is 10.4. The van der Waals surface area contributed by atoms with Gasteiger partial charge >= 0.3 is 0 Å². The highest BCUT2D eigenvalue weighted by molar-refractivity contribution is 7.26. The fourth-order valence-corrected chi connectivity index (χ4v) is 6.05. The van der Waals surface area contributed by atoms with Gasteiger partial charge in [-0.05, 0) is 47.9 Å². The molecule has 32 heavy (non-hydrogen) atoms. The van der Waals surface area contributed by atoms with Gasteiger partial charge < -0.3 is 19.4 Å². The van der Waals surface area contributed by atoms with Crippen LogP contribution in [0.1, 0.15) is 37.2 Å². The van der Waals surface area contributed by atoms with E-state index in [1.165, 1.54) is 22.9 Å². The summed E-state index contributed by atoms with van der Waals surface area (Å²) in [4.78, 5) is 18.0. The Morgan fingerprint density at radius 3 is 2.88 bits per heavy atom. The Morgan fingerprint density at radius 2 is 2.06 bits per heavy atom. The van der Waals surface area contributed by atoms with Gasteiger partial charge in [0, 0.05) is 18.5 Å². The fraction of sp³-hybridized carbons (Fsp3) is 0.458. The predicted molar refractivity (Wildman–Crippen MR) is 128 cm³/mol. The summed E-state index contributed by atoms with van der Waals surface area (Å²) in [6.45, 7) is 8.65. The summed E-state index contributed by atoms with van der Waals surface area (Å²) in [5.74, 6) is 2.87. The van der Waals surface area contributed by atoms with Gasteiger partial charge in [0.1, 0.15) is 28.6 Å². The van der Waals surface area contributed by atoms with Crippen molar-refractivity contribution >= 4 is 43.4 Å². The Morgan fingerprint density at radius 1 is 1.19 bits per heavy atom. The first-order valence-corrected chi connectivity index (χ1v) is 12.1. The lowest BCUT2D eigenvalue weighted by Crippen LogP contribution is -2.38. The molecule has 1 aliphatic carbocycles. The molecule has 4 aromatic rings. The summed E-state index contributed by atoms with van der Waals surface area (Å²) in [7, 11) is 0. The van der Waals surface area contributed by atoms with Crippen molar-refractivity contribution in [2.75, 3.05) is 36.5 Å². The minimum Gasteiger partial charge on any atom is -0.467 e. The van der Waals surface area contributed by atoms with Crippen LogP contribution in [-0.4, -0.2) is 41.3 Å². The molecule has 0 amide bonds. The minimum atomic E-state index is 0.269. The van der Waals surface area contributed by atoms with E-state index in [0.717, 1.165) is 71.6 Å². The largest absolute Gasteiger partial charge is 0.467 e. The van der Waals surface area contributed by atoms with Gasteiger partial charge in [-0.15, -0.1) is 11.3 Å². The summed E-state index contributed by atoms with van der Waals surface area (Å²) >= 11 is 1.69. The topological polar surface area (TPSA) is 76.3 Å². The monoisotopic (exact) mass is 449 g/mol. The van der Waals surface area contributed by atoms with Gasteiger partial charge in [-0.1, -0.05) is 13.8 Å². The van der Waals surface area contributed by atoms with E-state index >= 15 is 0 Å². The quantitative estimate of drug-likeness (QED) is 0.480. The smallest absolute Gasteiger partial charge is 0.147 e. The van der Waals surface area contributed by atoms with Gasteiger partial charge in [0.25, 0.3) is 0 Å². The maximum absolute atomic E-state index is 5.61. The molecule has 8 heteroatoms. The second kappa shape index (κ2) is 7.71. The molecule has 1 aliphatic heterocycles. The third-order valence-corrected chi connectivity index (χ3v) is 7.70. The molecular weight excluding hydrogens is 422 g/mol. The van der Waals surface area contributed by atoms with Crippen molar-refractivity contribution < 1.29 is 9.15 Å². The number of anilines is 2. The van der Waals surface area contributed by atoms with E-state index in [9.17, 15) is 0 Å². The van der Waals surface area contributed by atoms with E-state index in [0.29, 0.717) is 6.54 Å². The SMILES string of the molecule is CC1(C)CCc2c(N3CCOCC3)nc3sc4c(NCc5ccco5)ncnc4c3c2C1. The van der Waals surface area contributed by atoms with Crippen molar-refractivity contribution in [2.24, 2.45) is 5.41 Å². The van der Waals surface area contributed by atoms with Crippen LogP contribution in [0, 0.1) is 5.41 Å². The molecule has 2 aliphatic rings. The molecule has 1 fully saturated rings. The fourth-order valence-electron chi connectivity index (χ4n) is 4.93. The molecular formula is C24H27N5O2S. The molecule has 0 atom stereocenters. The van der Waals surface area contributed by atoms with Gasteiger partial charge in [0.05, 0.1) is 36.2 Å². The maximum atomic E-state index is 5.61. The number of nitrogens with zero attached hydrogens (tertiary/aromatic N) is 4. The van der Waals surface area contributed by atoms with Crippen molar-refractivity contribution in [3.63, 3.8) is 0 Å². The lowest BCUT2D eigenvalue weighted by Gasteiger charge is -2.36. The molecule has 1 saturated heterocycles. The first kappa shape index (κ1) is 19.9. The van der Waals surface area contributed by atoms with Crippen LogP contribution >= 0.6 is 11.3 Å². The lowest BCUT2D eigenvalue weighted by atomic mass is 9.73. The number of ether oxygens (including phenoxy) is 1. The van der Waals surface area contributed by atoms with Crippen LogP contribution in [0.3, 0.4) is 0 Å². The highest BCUT2D eigenvalue weighted by atomic mass is 32.1. The number of nitrogens with one attached hydrogen (secondary N) is 1. The van der Waals surface area contributed by atoms with E-state index in [-0.39, 0.29) is 5.41 Å². The minimum absolute atomic E-state index is 0.269. The highest BCUT2D eigenvalue weighted by Gasteiger charge is 2.32. The normalized spacial score (nSPS) is 18.2. The first-order valence-electron chi connectivity index (χ1n) is 11.3. The molecule has 166 valence electrons. The summed E-state index contributed by atoms with van der Waals surface area (Å²) in [6, 6.07) is 3.86. The van der Waals surface area contributed by atoms with Crippen molar-refractivity contribution in [1.29, 1.82) is 0 Å². The van der Waals surface area contributed by atoms with Crippen molar-refractivity contribution in [2.45, 2.75) is 39.7 Å². The Bertz CT molecular complexity index is 1280. The van der Waals surface area contributed by atoms with Gasteiger partial charge in [-0.2, -0.15) is 0 Å². The van der Waals surface area contributed by atoms with Crippen LogP contribution < -0.4 is 10.2 Å². The van der Waals surface area contributed by atoms with E-state index in [2.05, 4.69) is 29.0 Å². The molecule has 0 bridgehead atoms. The van der Waals surface area contributed by atoms with Gasteiger partial charge in [0.15, 0.2) is 0 Å². The third kappa shape index (κ3) is 3.42. The molecule has 7 nitrogen and oxygen atoms in total. The lowest BCUT2D eigenvalue weighted by molar-refractivity contribution is 0.122. The zero-order chi connectivity index (χ0) is 21.7. The Hall–Kier alpha value is -2.71. The number of rotatable bonds is 4. The number of hydrogen-bond acceptors (Lipinski definition) is 8. The molecule has 6 rings (SSSR count). The van der Waals surface area contributed by atoms with Crippen molar-refractivity contribution in [3.05, 3.63) is 41.6 Å². The van der Waals surface area contributed by atoms with E-state index in [1.54, 1.807) is 23.9 Å². The molecule has 0 radical (unpaired) electrons. The zero-order valence-corrected chi connectivity index (χ0v) is 19.3. The molecule has 0 spiro atoms. The Balaban J connectivity index is 1.52. The first-order chi connectivity index (χ1) is 15.6.